The molecule has 0 fully saturated rings. The zero-order chi connectivity index (χ0) is 17.8. The van der Waals surface area contributed by atoms with Crippen LogP contribution in [0.1, 0.15) is 5.56 Å². The highest BCUT2D eigenvalue weighted by Gasteiger charge is 2.21. The number of rotatable bonds is 6. The monoisotopic (exact) mass is 376 g/mol. The van der Waals surface area contributed by atoms with Crippen LogP contribution in [0.5, 0.6) is 5.75 Å². The summed E-state index contributed by atoms with van der Waals surface area (Å²) in [5.74, 6) is 0.372. The summed E-state index contributed by atoms with van der Waals surface area (Å²) in [6, 6.07) is 14.3. The van der Waals surface area contributed by atoms with E-state index in [0.717, 1.165) is 10.5 Å². The Morgan fingerprint density at radius 3 is 2.68 bits per heavy atom. The summed E-state index contributed by atoms with van der Waals surface area (Å²) >= 11 is 7.56. The van der Waals surface area contributed by atoms with E-state index in [0.29, 0.717) is 28.6 Å². The van der Waals surface area contributed by atoms with Crippen molar-refractivity contribution in [2.24, 2.45) is 0 Å². The molecular formula is C19H18ClFN2OS. The van der Waals surface area contributed by atoms with Crippen LogP contribution in [-0.2, 0) is 6.54 Å². The summed E-state index contributed by atoms with van der Waals surface area (Å²) in [6.07, 6.45) is 1.96. The molecule has 130 valence electrons. The van der Waals surface area contributed by atoms with E-state index in [4.69, 9.17) is 16.3 Å². The van der Waals surface area contributed by atoms with Crippen molar-refractivity contribution in [2.45, 2.75) is 11.4 Å². The van der Waals surface area contributed by atoms with Crippen molar-refractivity contribution in [3.63, 3.8) is 0 Å². The average molecular weight is 377 g/mol. The fourth-order valence-corrected chi connectivity index (χ4v) is 3.92. The molecule has 25 heavy (non-hydrogen) atoms. The second kappa shape index (κ2) is 7.95. The molecule has 0 bridgehead atoms. The van der Waals surface area contributed by atoms with Gasteiger partial charge < -0.3 is 10.1 Å². The van der Waals surface area contributed by atoms with Crippen LogP contribution in [0.15, 0.2) is 59.6 Å². The van der Waals surface area contributed by atoms with Gasteiger partial charge in [0.25, 0.3) is 0 Å². The quantitative estimate of drug-likeness (QED) is 0.637. The van der Waals surface area contributed by atoms with Gasteiger partial charge in [0, 0.05) is 33.8 Å². The molecule has 0 saturated heterocycles. The molecule has 3 rings (SSSR count). The van der Waals surface area contributed by atoms with Crippen LogP contribution in [-0.4, -0.2) is 18.1 Å². The highest BCUT2D eigenvalue weighted by molar-refractivity contribution is 7.98. The minimum Gasteiger partial charge on any atom is -0.494 e. The summed E-state index contributed by atoms with van der Waals surface area (Å²) in [5, 5.41) is 3.78. The topological polar surface area (TPSA) is 26.2 Å². The Hall–Kier alpha value is -1.95. The number of halogens is 2. The third-order valence-corrected chi connectivity index (χ3v) is 4.88. The van der Waals surface area contributed by atoms with Gasteiger partial charge in [0.1, 0.15) is 17.3 Å². The van der Waals surface area contributed by atoms with Gasteiger partial charge in [-0.25, -0.2) is 4.39 Å². The fraction of sp³-hybridized carbons (Fsp3) is 0.158. The fourth-order valence-electron chi connectivity index (χ4n) is 2.66. The second-order valence-electron chi connectivity index (χ2n) is 5.42. The Morgan fingerprint density at radius 2 is 2.00 bits per heavy atom. The van der Waals surface area contributed by atoms with Gasteiger partial charge in [0.15, 0.2) is 0 Å². The predicted octanol–water partition coefficient (Wildman–Crippen LogP) is 5.23. The molecule has 0 saturated carbocycles. The molecular weight excluding hydrogens is 359 g/mol. The molecule has 0 unspecified atom stereocenters. The maximum Gasteiger partial charge on any atom is 0.150 e. The molecule has 0 spiro atoms. The number of benzene rings is 2. The van der Waals surface area contributed by atoms with Gasteiger partial charge in [-0.1, -0.05) is 29.8 Å². The summed E-state index contributed by atoms with van der Waals surface area (Å²) in [5.41, 5.74) is 2.14. The van der Waals surface area contributed by atoms with Crippen molar-refractivity contribution in [3.05, 3.63) is 71.1 Å². The average Bonchev–Trinajstić information content (AvgIpc) is 2.92. The number of nitrogens with one attached hydrogen (secondary N) is 1. The molecule has 0 radical (unpaired) electrons. The van der Waals surface area contributed by atoms with Crippen molar-refractivity contribution >= 4 is 23.5 Å². The molecule has 3 nitrogen and oxygen atoms in total. The van der Waals surface area contributed by atoms with E-state index in [-0.39, 0.29) is 5.82 Å². The summed E-state index contributed by atoms with van der Waals surface area (Å²) < 4.78 is 22.0. The van der Waals surface area contributed by atoms with Crippen molar-refractivity contribution in [1.29, 1.82) is 0 Å². The molecule has 0 amide bonds. The van der Waals surface area contributed by atoms with Crippen LogP contribution in [0.3, 0.4) is 0 Å². The van der Waals surface area contributed by atoms with Gasteiger partial charge in [-0.3, -0.25) is 3.97 Å². The highest BCUT2D eigenvalue weighted by atomic mass is 35.5. The molecule has 0 aliphatic carbocycles. The number of nitrogens with zero attached hydrogens (tertiary/aromatic N) is 1. The number of aromatic nitrogens is 1. The maximum atomic E-state index is 14.5. The minimum absolute atomic E-state index is 0.289. The smallest absolute Gasteiger partial charge is 0.150 e. The van der Waals surface area contributed by atoms with E-state index < -0.39 is 0 Å². The zero-order valence-corrected chi connectivity index (χ0v) is 15.5. The number of methoxy groups -OCH3 is 1. The van der Waals surface area contributed by atoms with E-state index in [9.17, 15) is 4.39 Å². The second-order valence-corrected chi connectivity index (χ2v) is 6.90. The minimum atomic E-state index is -0.289. The van der Waals surface area contributed by atoms with E-state index >= 15 is 0 Å². The Bertz CT molecular complexity index is 882. The van der Waals surface area contributed by atoms with Gasteiger partial charge in [-0.05, 0) is 49.3 Å². The number of ether oxygens (including phenoxy) is 1. The summed E-state index contributed by atoms with van der Waals surface area (Å²) in [4.78, 5) is 0.957. The first-order valence-corrected chi connectivity index (χ1v) is 8.90. The summed E-state index contributed by atoms with van der Waals surface area (Å²) in [7, 11) is 3.47. The standard InChI is InChI=1S/C19H18ClFN2OS/c1-22-11-13-12-23(25-15-7-5-6-14(20)10-15)18(19(13)24-2)16-8-3-4-9-17(16)21/h3-10,12,22H,11H2,1-2H3. The van der Waals surface area contributed by atoms with Crippen molar-refractivity contribution in [2.75, 3.05) is 14.2 Å². The zero-order valence-electron chi connectivity index (χ0n) is 13.9. The van der Waals surface area contributed by atoms with Crippen LogP contribution >= 0.6 is 23.5 Å². The first-order valence-electron chi connectivity index (χ1n) is 7.75. The normalized spacial score (nSPS) is 10.9. The van der Waals surface area contributed by atoms with E-state index in [1.165, 1.54) is 18.0 Å². The number of hydrogen-bond donors (Lipinski definition) is 1. The van der Waals surface area contributed by atoms with Gasteiger partial charge in [0.05, 0.1) is 7.11 Å². The van der Waals surface area contributed by atoms with Crippen LogP contribution in [0.25, 0.3) is 11.3 Å². The van der Waals surface area contributed by atoms with E-state index in [2.05, 4.69) is 5.32 Å². The van der Waals surface area contributed by atoms with Crippen LogP contribution in [0.4, 0.5) is 4.39 Å². The molecule has 3 aromatic rings. The van der Waals surface area contributed by atoms with Gasteiger partial charge >= 0.3 is 0 Å². The largest absolute Gasteiger partial charge is 0.494 e. The van der Waals surface area contributed by atoms with Gasteiger partial charge in [0.2, 0.25) is 0 Å². The lowest BCUT2D eigenvalue weighted by Gasteiger charge is -2.11. The first kappa shape index (κ1) is 17.9. The Labute approximate surface area is 155 Å². The number of hydrogen-bond acceptors (Lipinski definition) is 3. The molecule has 0 atom stereocenters. The molecule has 1 aromatic heterocycles. The van der Waals surface area contributed by atoms with Crippen LogP contribution in [0.2, 0.25) is 5.02 Å². The van der Waals surface area contributed by atoms with Crippen molar-refractivity contribution in [1.82, 2.24) is 9.29 Å². The van der Waals surface area contributed by atoms with Crippen LogP contribution in [0, 0.1) is 5.82 Å². The lowest BCUT2D eigenvalue weighted by Crippen LogP contribution is -2.05. The van der Waals surface area contributed by atoms with Gasteiger partial charge in [-0.15, -0.1) is 0 Å². The molecule has 1 heterocycles. The lowest BCUT2D eigenvalue weighted by molar-refractivity contribution is 0.411. The Morgan fingerprint density at radius 1 is 1.20 bits per heavy atom. The van der Waals surface area contributed by atoms with Gasteiger partial charge in [-0.2, -0.15) is 0 Å². The van der Waals surface area contributed by atoms with E-state index in [1.807, 2.05) is 47.5 Å². The third kappa shape index (κ3) is 3.84. The van der Waals surface area contributed by atoms with E-state index in [1.54, 1.807) is 19.2 Å². The molecule has 6 heteroatoms. The molecule has 2 aromatic carbocycles. The van der Waals surface area contributed by atoms with Crippen molar-refractivity contribution < 1.29 is 9.13 Å². The predicted molar refractivity (Wildman–Crippen MR) is 102 cm³/mol. The molecule has 0 aliphatic rings. The Balaban J connectivity index is 2.14. The molecule has 0 aliphatic heterocycles. The maximum absolute atomic E-state index is 14.5. The highest BCUT2D eigenvalue weighted by Crippen LogP contribution is 2.40. The lowest BCUT2D eigenvalue weighted by atomic mass is 10.1. The third-order valence-electron chi connectivity index (χ3n) is 3.70. The molecule has 1 N–H and O–H groups in total. The van der Waals surface area contributed by atoms with Crippen LogP contribution < -0.4 is 10.1 Å². The Kier molecular flexibility index (Phi) is 5.68. The first-order chi connectivity index (χ1) is 12.1. The summed E-state index contributed by atoms with van der Waals surface area (Å²) in [6.45, 7) is 0.619. The van der Waals surface area contributed by atoms with Crippen molar-refractivity contribution in [3.8, 4) is 17.0 Å². The SMILES string of the molecule is CNCc1cn(Sc2cccc(Cl)c2)c(-c2ccccc2F)c1OC.